The minimum Gasteiger partial charge on any atom is -0.357 e. The number of guanidine groups is 1. The second-order valence-electron chi connectivity index (χ2n) is 8.83. The number of benzene rings is 1. The molecular formula is C23H40IN5O2S. The Bertz CT molecular complexity index is 802. The highest BCUT2D eigenvalue weighted by Crippen LogP contribution is 2.18. The Hall–Kier alpha value is -0.910. The van der Waals surface area contributed by atoms with E-state index in [1.54, 1.807) is 4.31 Å². The van der Waals surface area contributed by atoms with Gasteiger partial charge in [-0.2, -0.15) is 0 Å². The van der Waals surface area contributed by atoms with Gasteiger partial charge in [0.1, 0.15) is 0 Å². The predicted molar refractivity (Wildman–Crippen MR) is 143 cm³/mol. The van der Waals surface area contributed by atoms with E-state index >= 15 is 0 Å². The van der Waals surface area contributed by atoms with Gasteiger partial charge in [-0.1, -0.05) is 30.7 Å². The number of rotatable bonds is 8. The molecule has 2 aliphatic heterocycles. The molecule has 0 saturated carbocycles. The predicted octanol–water partition coefficient (Wildman–Crippen LogP) is 3.02. The molecule has 0 amide bonds. The summed E-state index contributed by atoms with van der Waals surface area (Å²) >= 11 is 0. The number of hydrogen-bond acceptors (Lipinski definition) is 4. The summed E-state index contributed by atoms with van der Waals surface area (Å²) in [6.45, 7) is 9.06. The topological polar surface area (TPSA) is 77.0 Å². The van der Waals surface area contributed by atoms with Gasteiger partial charge in [0.2, 0.25) is 10.0 Å². The van der Waals surface area contributed by atoms with Crippen LogP contribution in [0, 0.1) is 5.92 Å². The van der Waals surface area contributed by atoms with Gasteiger partial charge >= 0.3 is 0 Å². The minimum atomic E-state index is -3.07. The van der Waals surface area contributed by atoms with Crippen molar-refractivity contribution in [1.29, 1.82) is 0 Å². The fourth-order valence-corrected chi connectivity index (χ4v) is 5.20. The summed E-state index contributed by atoms with van der Waals surface area (Å²) in [5.41, 5.74) is 2.58. The van der Waals surface area contributed by atoms with Crippen molar-refractivity contribution < 1.29 is 8.42 Å². The fraction of sp³-hybridized carbons (Fsp3) is 0.696. The molecule has 2 heterocycles. The molecule has 0 spiro atoms. The highest BCUT2D eigenvalue weighted by Gasteiger charge is 2.24. The third-order valence-corrected chi connectivity index (χ3v) is 7.55. The van der Waals surface area contributed by atoms with Crippen LogP contribution in [0.3, 0.4) is 0 Å². The van der Waals surface area contributed by atoms with Crippen molar-refractivity contribution >= 4 is 40.0 Å². The summed E-state index contributed by atoms with van der Waals surface area (Å²) in [7, 11) is -3.07. The van der Waals surface area contributed by atoms with Crippen molar-refractivity contribution in [3.8, 4) is 0 Å². The van der Waals surface area contributed by atoms with Crippen LogP contribution >= 0.6 is 24.0 Å². The normalized spacial score (nSPS) is 19.4. The second-order valence-corrected chi connectivity index (χ2v) is 10.8. The molecule has 0 aromatic heterocycles. The molecule has 7 nitrogen and oxygen atoms in total. The number of likely N-dealkylation sites (tertiary alicyclic amines) is 1. The summed E-state index contributed by atoms with van der Waals surface area (Å²) in [5.74, 6) is 1.29. The molecule has 32 heavy (non-hydrogen) atoms. The summed E-state index contributed by atoms with van der Waals surface area (Å²) < 4.78 is 24.9. The third-order valence-electron chi connectivity index (χ3n) is 6.24. The van der Waals surface area contributed by atoms with Crippen LogP contribution in [0.4, 0.5) is 0 Å². The Kier molecular flexibility index (Phi) is 11.7. The summed E-state index contributed by atoms with van der Waals surface area (Å²) in [6, 6.07) is 8.84. The molecule has 0 bridgehead atoms. The number of halogens is 1. The molecule has 2 fully saturated rings. The molecule has 3 rings (SSSR count). The highest BCUT2D eigenvalue weighted by atomic mass is 127. The molecular weight excluding hydrogens is 537 g/mol. The van der Waals surface area contributed by atoms with Crippen molar-refractivity contribution in [3.05, 3.63) is 35.4 Å². The molecule has 2 saturated heterocycles. The lowest BCUT2D eigenvalue weighted by Crippen LogP contribution is -2.44. The van der Waals surface area contributed by atoms with Crippen molar-refractivity contribution in [2.24, 2.45) is 10.9 Å². The first-order valence-electron chi connectivity index (χ1n) is 11.7. The Morgan fingerprint density at radius 3 is 2.22 bits per heavy atom. The fourth-order valence-electron chi connectivity index (χ4n) is 4.32. The van der Waals surface area contributed by atoms with Gasteiger partial charge in [0.15, 0.2) is 5.96 Å². The van der Waals surface area contributed by atoms with Crippen molar-refractivity contribution in [1.82, 2.24) is 19.8 Å². The quantitative estimate of drug-likeness (QED) is 0.282. The maximum Gasteiger partial charge on any atom is 0.211 e. The SMILES string of the molecule is CCNC(=NCc1ccc(CN2CCCCC2)cc1)NCC1CCN(S(C)(=O)=O)CC1.I. The van der Waals surface area contributed by atoms with Crippen LogP contribution in [-0.2, 0) is 23.1 Å². The third kappa shape index (κ3) is 9.15. The largest absolute Gasteiger partial charge is 0.357 e. The number of hydrogen-bond donors (Lipinski definition) is 2. The van der Waals surface area contributed by atoms with Gasteiger partial charge < -0.3 is 10.6 Å². The van der Waals surface area contributed by atoms with Crippen LogP contribution in [-0.4, -0.2) is 69.1 Å². The Balaban J connectivity index is 0.00000363. The zero-order chi connectivity index (χ0) is 22.1. The van der Waals surface area contributed by atoms with Gasteiger partial charge in [0.05, 0.1) is 12.8 Å². The van der Waals surface area contributed by atoms with Gasteiger partial charge in [0.25, 0.3) is 0 Å². The lowest BCUT2D eigenvalue weighted by Gasteiger charge is -2.30. The molecule has 2 aliphatic rings. The molecule has 0 radical (unpaired) electrons. The average molecular weight is 578 g/mol. The van der Waals surface area contributed by atoms with E-state index in [0.717, 1.165) is 38.4 Å². The summed E-state index contributed by atoms with van der Waals surface area (Å²) in [4.78, 5) is 7.29. The van der Waals surface area contributed by atoms with Gasteiger partial charge in [-0.25, -0.2) is 17.7 Å². The van der Waals surface area contributed by atoms with Crippen molar-refractivity contribution in [2.75, 3.05) is 45.5 Å². The van der Waals surface area contributed by atoms with Gasteiger partial charge in [-0.15, -0.1) is 24.0 Å². The smallest absolute Gasteiger partial charge is 0.211 e. The van der Waals surface area contributed by atoms with Gasteiger partial charge in [-0.05, 0) is 62.7 Å². The molecule has 0 unspecified atom stereocenters. The second kappa shape index (κ2) is 13.7. The zero-order valence-electron chi connectivity index (χ0n) is 19.6. The van der Waals surface area contributed by atoms with Crippen LogP contribution in [0.1, 0.15) is 50.2 Å². The first-order chi connectivity index (χ1) is 14.9. The van der Waals surface area contributed by atoms with E-state index in [1.165, 1.54) is 49.7 Å². The number of nitrogens with one attached hydrogen (secondary N) is 2. The zero-order valence-corrected chi connectivity index (χ0v) is 22.7. The van der Waals surface area contributed by atoms with Gasteiger partial charge in [-0.3, -0.25) is 4.90 Å². The minimum absolute atomic E-state index is 0. The molecule has 1 aromatic carbocycles. The van der Waals surface area contributed by atoms with Crippen molar-refractivity contribution in [2.45, 2.75) is 52.1 Å². The Morgan fingerprint density at radius 2 is 1.62 bits per heavy atom. The lowest BCUT2D eigenvalue weighted by molar-refractivity contribution is 0.221. The maximum atomic E-state index is 11.7. The highest BCUT2D eigenvalue weighted by molar-refractivity contribution is 14.0. The first-order valence-corrected chi connectivity index (χ1v) is 13.6. The molecule has 0 atom stereocenters. The molecule has 9 heteroatoms. The monoisotopic (exact) mass is 577 g/mol. The Morgan fingerprint density at radius 1 is 1.00 bits per heavy atom. The Labute approximate surface area is 211 Å². The molecule has 2 N–H and O–H groups in total. The lowest BCUT2D eigenvalue weighted by atomic mass is 9.98. The average Bonchev–Trinajstić information content (AvgIpc) is 2.77. The number of sulfonamides is 1. The van der Waals surface area contributed by atoms with Crippen LogP contribution in [0.25, 0.3) is 0 Å². The van der Waals surface area contributed by atoms with Crippen LogP contribution < -0.4 is 10.6 Å². The van der Waals surface area contributed by atoms with E-state index < -0.39 is 10.0 Å². The van der Waals surface area contributed by atoms with Crippen LogP contribution in [0.15, 0.2) is 29.3 Å². The maximum absolute atomic E-state index is 11.7. The van der Waals surface area contributed by atoms with Crippen LogP contribution in [0.2, 0.25) is 0 Å². The number of piperidine rings is 2. The number of nitrogens with zero attached hydrogens (tertiary/aromatic N) is 3. The van der Waals surface area contributed by atoms with E-state index in [-0.39, 0.29) is 24.0 Å². The number of aliphatic imine (C=N–C) groups is 1. The molecule has 1 aromatic rings. The van der Waals surface area contributed by atoms with E-state index in [0.29, 0.717) is 25.6 Å². The summed E-state index contributed by atoms with van der Waals surface area (Å²) in [6.07, 6.45) is 7.08. The van der Waals surface area contributed by atoms with Gasteiger partial charge in [0, 0.05) is 32.7 Å². The first kappa shape index (κ1) is 27.3. The van der Waals surface area contributed by atoms with E-state index in [4.69, 9.17) is 4.99 Å². The summed E-state index contributed by atoms with van der Waals surface area (Å²) in [5, 5.41) is 6.76. The van der Waals surface area contributed by atoms with E-state index in [2.05, 4.69) is 46.7 Å². The molecule has 182 valence electrons. The van der Waals surface area contributed by atoms with Crippen molar-refractivity contribution in [3.63, 3.8) is 0 Å². The molecule has 0 aliphatic carbocycles. The van der Waals surface area contributed by atoms with E-state index in [1.807, 2.05) is 0 Å². The standard InChI is InChI=1S/C23H39N5O2S.HI/c1-3-24-23(26-18-21-11-15-28(16-12-21)31(2,29)30)25-17-20-7-9-22(10-8-20)19-27-13-5-4-6-14-27;/h7-10,21H,3-6,11-19H2,1-2H3,(H2,24,25,26);1H. The van der Waals surface area contributed by atoms with Crippen LogP contribution in [0.5, 0.6) is 0 Å². The van der Waals surface area contributed by atoms with E-state index in [9.17, 15) is 8.42 Å².